The second kappa shape index (κ2) is 2.80. The van der Waals surface area contributed by atoms with Crippen molar-refractivity contribution in [2.45, 2.75) is 0 Å². The largest absolute Gasteiger partial charge is 0.507 e. The van der Waals surface area contributed by atoms with Crippen LogP contribution in [0.4, 0.5) is 5.69 Å². The van der Waals surface area contributed by atoms with Crippen LogP contribution in [-0.4, -0.2) is 10.3 Å². The predicted molar refractivity (Wildman–Crippen MR) is 42.7 cm³/mol. The number of nitrogen functional groups attached to an aromatic ring is 1. The van der Waals surface area contributed by atoms with Crippen LogP contribution in [0.1, 0.15) is 10.4 Å². The summed E-state index contributed by atoms with van der Waals surface area (Å²) in [5, 5.41) is 8.38. The second-order valence-electron chi connectivity index (χ2n) is 2.05. The Bertz CT molecular complexity index is 298. The van der Waals surface area contributed by atoms with Crippen molar-refractivity contribution in [1.82, 2.24) is 0 Å². The monoisotopic (exact) mass is 171 g/mol. The summed E-state index contributed by atoms with van der Waals surface area (Å²) in [6.45, 7) is 0. The zero-order valence-corrected chi connectivity index (χ0v) is 6.30. The molecule has 58 valence electrons. The molecule has 3 nitrogen and oxygen atoms in total. The van der Waals surface area contributed by atoms with E-state index in [0.717, 1.165) is 0 Å². The summed E-state index contributed by atoms with van der Waals surface area (Å²) in [7, 11) is 0. The lowest BCUT2D eigenvalue weighted by atomic mass is 10.2. The van der Waals surface area contributed by atoms with Gasteiger partial charge in [0.1, 0.15) is 5.75 Å². The Morgan fingerprint density at radius 1 is 1.55 bits per heavy atom. The van der Waals surface area contributed by atoms with Crippen LogP contribution in [0.2, 0.25) is 0 Å². The van der Waals surface area contributed by atoms with Crippen LogP contribution >= 0.6 is 11.6 Å². The number of aromatic hydroxyl groups is 1. The van der Waals surface area contributed by atoms with Gasteiger partial charge in [0, 0.05) is 11.8 Å². The second-order valence-corrected chi connectivity index (χ2v) is 2.39. The molecule has 0 aliphatic carbocycles. The van der Waals surface area contributed by atoms with Gasteiger partial charge in [-0.25, -0.2) is 0 Å². The van der Waals surface area contributed by atoms with Gasteiger partial charge in [0.15, 0.2) is 0 Å². The van der Waals surface area contributed by atoms with E-state index in [1.807, 2.05) is 0 Å². The molecule has 0 fully saturated rings. The van der Waals surface area contributed by atoms with Gasteiger partial charge in [0.2, 0.25) is 0 Å². The van der Waals surface area contributed by atoms with E-state index in [0.29, 0.717) is 5.69 Å². The molecule has 0 heterocycles. The number of nitrogens with two attached hydrogens (primary N) is 1. The van der Waals surface area contributed by atoms with Crippen molar-refractivity contribution in [3.05, 3.63) is 23.8 Å². The molecule has 0 saturated heterocycles. The number of rotatable bonds is 1. The smallest absolute Gasteiger partial charge is 0.256 e. The summed E-state index contributed by atoms with van der Waals surface area (Å²) in [4.78, 5) is 10.5. The lowest BCUT2D eigenvalue weighted by Gasteiger charge is -1.98. The maximum atomic E-state index is 10.5. The first-order valence-corrected chi connectivity index (χ1v) is 3.27. The van der Waals surface area contributed by atoms with Crippen molar-refractivity contribution in [3.8, 4) is 5.75 Å². The Morgan fingerprint density at radius 2 is 2.18 bits per heavy atom. The predicted octanol–water partition coefficient (Wildman–Crippen LogP) is 1.35. The van der Waals surface area contributed by atoms with Crippen molar-refractivity contribution in [2.24, 2.45) is 0 Å². The fourth-order valence-electron chi connectivity index (χ4n) is 0.715. The molecule has 0 aliphatic heterocycles. The average Bonchev–Trinajstić information content (AvgIpc) is 1.85. The van der Waals surface area contributed by atoms with Crippen molar-refractivity contribution in [2.75, 3.05) is 5.73 Å². The van der Waals surface area contributed by atoms with E-state index < -0.39 is 5.24 Å². The highest BCUT2D eigenvalue weighted by atomic mass is 35.5. The Morgan fingerprint density at radius 3 is 2.64 bits per heavy atom. The number of carbonyl (C=O) groups is 1. The average molecular weight is 172 g/mol. The van der Waals surface area contributed by atoms with E-state index in [9.17, 15) is 4.79 Å². The Labute approximate surface area is 68.4 Å². The summed E-state index contributed by atoms with van der Waals surface area (Å²) < 4.78 is 0. The molecule has 3 N–H and O–H groups in total. The fraction of sp³-hybridized carbons (Fsp3) is 0. The van der Waals surface area contributed by atoms with Crippen LogP contribution < -0.4 is 5.73 Å². The molecule has 4 heteroatoms. The number of benzene rings is 1. The quantitative estimate of drug-likeness (QED) is 0.495. The standard InChI is InChI=1S/C7H6ClNO2/c8-7(11)5-2-1-4(9)3-6(5)10/h1-3,10H,9H2. The first-order valence-electron chi connectivity index (χ1n) is 2.89. The van der Waals surface area contributed by atoms with Gasteiger partial charge in [-0.2, -0.15) is 0 Å². The Kier molecular flexibility index (Phi) is 2.01. The molecule has 1 aromatic carbocycles. The number of hydrogen-bond acceptors (Lipinski definition) is 3. The van der Waals surface area contributed by atoms with E-state index in [1.54, 1.807) is 0 Å². The first-order chi connectivity index (χ1) is 5.11. The lowest BCUT2D eigenvalue weighted by Crippen LogP contribution is -1.91. The molecule has 0 radical (unpaired) electrons. The highest BCUT2D eigenvalue weighted by Gasteiger charge is 2.06. The highest BCUT2D eigenvalue weighted by Crippen LogP contribution is 2.21. The highest BCUT2D eigenvalue weighted by molar-refractivity contribution is 6.68. The van der Waals surface area contributed by atoms with Crippen LogP contribution in [0.5, 0.6) is 5.75 Å². The third-order valence-electron chi connectivity index (χ3n) is 1.23. The molecule has 0 atom stereocenters. The summed E-state index contributed by atoms with van der Waals surface area (Å²) in [5.41, 5.74) is 5.78. The lowest BCUT2D eigenvalue weighted by molar-refractivity contribution is 0.107. The molecular formula is C7H6ClNO2. The van der Waals surface area contributed by atoms with Crippen LogP contribution in [0, 0.1) is 0 Å². The minimum atomic E-state index is -0.692. The summed E-state index contributed by atoms with van der Waals surface area (Å²) in [5.74, 6) is -0.190. The minimum absolute atomic E-state index is 0.0702. The van der Waals surface area contributed by atoms with Gasteiger partial charge in [-0.1, -0.05) is 0 Å². The molecule has 11 heavy (non-hydrogen) atoms. The summed E-state index contributed by atoms with van der Waals surface area (Å²) >= 11 is 5.12. The molecule has 0 amide bonds. The van der Waals surface area contributed by atoms with Gasteiger partial charge in [-0.15, -0.1) is 0 Å². The SMILES string of the molecule is Nc1ccc(C(=O)Cl)c(O)c1. The number of anilines is 1. The first kappa shape index (κ1) is 7.88. The third kappa shape index (κ3) is 1.62. The number of hydrogen-bond donors (Lipinski definition) is 2. The van der Waals surface area contributed by atoms with Gasteiger partial charge in [-0.3, -0.25) is 4.79 Å². The molecule has 1 rings (SSSR count). The van der Waals surface area contributed by atoms with Crippen LogP contribution in [0.3, 0.4) is 0 Å². The minimum Gasteiger partial charge on any atom is -0.507 e. The summed E-state index contributed by atoms with van der Waals surface area (Å²) in [6, 6.07) is 4.14. The summed E-state index contributed by atoms with van der Waals surface area (Å²) in [6.07, 6.45) is 0. The molecule has 0 saturated carbocycles. The maximum Gasteiger partial charge on any atom is 0.256 e. The van der Waals surface area contributed by atoms with Crippen molar-refractivity contribution in [3.63, 3.8) is 0 Å². The fourth-order valence-corrected chi connectivity index (χ4v) is 0.875. The van der Waals surface area contributed by atoms with Crippen LogP contribution in [-0.2, 0) is 0 Å². The van der Waals surface area contributed by atoms with E-state index in [-0.39, 0.29) is 11.3 Å². The Hall–Kier alpha value is -1.22. The number of carbonyl (C=O) groups excluding carboxylic acids is 1. The molecule has 0 spiro atoms. The van der Waals surface area contributed by atoms with Gasteiger partial charge in [0.05, 0.1) is 5.56 Å². The molecule has 0 unspecified atom stereocenters. The van der Waals surface area contributed by atoms with E-state index in [4.69, 9.17) is 22.4 Å². The number of phenolic OH excluding ortho intramolecular Hbond substituents is 1. The van der Waals surface area contributed by atoms with Crippen LogP contribution in [0.15, 0.2) is 18.2 Å². The molecule has 1 aromatic rings. The van der Waals surface area contributed by atoms with Crippen molar-refractivity contribution in [1.29, 1.82) is 0 Å². The molecule has 0 aromatic heterocycles. The van der Waals surface area contributed by atoms with Crippen molar-refractivity contribution < 1.29 is 9.90 Å². The maximum absolute atomic E-state index is 10.5. The van der Waals surface area contributed by atoms with Crippen molar-refractivity contribution >= 4 is 22.5 Å². The number of halogens is 1. The molecular weight excluding hydrogens is 166 g/mol. The molecule has 0 aliphatic rings. The zero-order chi connectivity index (χ0) is 8.43. The van der Waals surface area contributed by atoms with Gasteiger partial charge < -0.3 is 10.8 Å². The van der Waals surface area contributed by atoms with E-state index >= 15 is 0 Å². The third-order valence-corrected chi connectivity index (χ3v) is 1.44. The normalized spacial score (nSPS) is 9.55. The van der Waals surface area contributed by atoms with Gasteiger partial charge >= 0.3 is 0 Å². The topological polar surface area (TPSA) is 63.3 Å². The molecule has 0 bridgehead atoms. The van der Waals surface area contributed by atoms with Crippen LogP contribution in [0.25, 0.3) is 0 Å². The van der Waals surface area contributed by atoms with Gasteiger partial charge in [-0.05, 0) is 23.7 Å². The van der Waals surface area contributed by atoms with Gasteiger partial charge in [0.25, 0.3) is 5.24 Å². The Balaban J connectivity index is 3.20. The van der Waals surface area contributed by atoms with E-state index in [1.165, 1.54) is 18.2 Å². The number of phenols is 1. The van der Waals surface area contributed by atoms with E-state index in [2.05, 4.69) is 0 Å². The zero-order valence-electron chi connectivity index (χ0n) is 5.54.